The third kappa shape index (κ3) is 4.33. The highest BCUT2D eigenvalue weighted by Gasteiger charge is 2.31. The lowest BCUT2D eigenvalue weighted by Crippen LogP contribution is -2.48. The molecule has 3 rings (SSSR count). The number of ether oxygens (including phenoxy) is 1. The molecule has 1 fully saturated rings. The number of rotatable bonds is 6. The minimum Gasteiger partial charge on any atom is -0.379 e. The molecular formula is C21H29N3O2. The van der Waals surface area contributed by atoms with Crippen LogP contribution in [0, 0.1) is 19.8 Å². The van der Waals surface area contributed by atoms with E-state index in [1.807, 2.05) is 24.8 Å². The second kappa shape index (κ2) is 8.49. The molecule has 1 aromatic carbocycles. The van der Waals surface area contributed by atoms with Crippen molar-refractivity contribution in [1.82, 2.24) is 15.1 Å². The number of benzene rings is 1. The second-order valence-corrected chi connectivity index (χ2v) is 7.26. The van der Waals surface area contributed by atoms with Crippen molar-refractivity contribution in [3.63, 3.8) is 0 Å². The van der Waals surface area contributed by atoms with Gasteiger partial charge in [0.1, 0.15) is 0 Å². The molecule has 2 aromatic rings. The number of methoxy groups -OCH3 is 1. The molecule has 5 heteroatoms. The minimum absolute atomic E-state index is 0.102. The lowest BCUT2D eigenvalue weighted by atomic mass is 9.87. The van der Waals surface area contributed by atoms with Crippen LogP contribution in [0.4, 0.5) is 0 Å². The van der Waals surface area contributed by atoms with Crippen molar-refractivity contribution in [3.05, 3.63) is 52.8 Å². The zero-order valence-corrected chi connectivity index (χ0v) is 16.0. The summed E-state index contributed by atoms with van der Waals surface area (Å²) in [5.41, 5.74) is 4.56. The van der Waals surface area contributed by atoms with E-state index in [0.29, 0.717) is 18.9 Å². The molecule has 1 aromatic heterocycles. The number of amides is 1. The Hall–Kier alpha value is -2.14. The molecule has 2 atom stereocenters. The Kier molecular flexibility index (Phi) is 6.09. The van der Waals surface area contributed by atoms with Gasteiger partial charge in [-0.05, 0) is 50.2 Å². The number of hydrogen-bond donors (Lipinski definition) is 1. The van der Waals surface area contributed by atoms with Crippen LogP contribution in [0.15, 0.2) is 30.3 Å². The molecule has 0 aliphatic carbocycles. The van der Waals surface area contributed by atoms with Crippen LogP contribution in [0.25, 0.3) is 0 Å². The summed E-state index contributed by atoms with van der Waals surface area (Å²) < 4.78 is 5.74. The molecule has 26 heavy (non-hydrogen) atoms. The Bertz CT molecular complexity index is 707. The highest BCUT2D eigenvalue weighted by molar-refractivity contribution is 5.76. The minimum atomic E-state index is 0.102. The van der Waals surface area contributed by atoms with Crippen molar-refractivity contribution in [1.29, 1.82) is 0 Å². The summed E-state index contributed by atoms with van der Waals surface area (Å²) in [5.74, 6) is 0.676. The van der Waals surface area contributed by atoms with Crippen molar-refractivity contribution in [3.8, 4) is 0 Å². The maximum Gasteiger partial charge on any atom is 0.222 e. The number of aryl methyl sites for hydroxylation is 2. The molecule has 1 saturated heterocycles. The Morgan fingerprint density at radius 1 is 1.31 bits per heavy atom. The average Bonchev–Trinajstić information content (AvgIpc) is 2.98. The van der Waals surface area contributed by atoms with Gasteiger partial charge in [0.2, 0.25) is 5.91 Å². The lowest BCUT2D eigenvalue weighted by Gasteiger charge is -2.38. The summed E-state index contributed by atoms with van der Waals surface area (Å²) in [6.07, 6.45) is 3.37. The quantitative estimate of drug-likeness (QED) is 0.866. The van der Waals surface area contributed by atoms with Gasteiger partial charge < -0.3 is 9.64 Å². The molecule has 1 amide bonds. The van der Waals surface area contributed by atoms with Crippen LogP contribution >= 0.6 is 0 Å². The Labute approximate surface area is 155 Å². The van der Waals surface area contributed by atoms with Gasteiger partial charge in [-0.15, -0.1) is 0 Å². The molecule has 1 aliphatic heterocycles. The second-order valence-electron chi connectivity index (χ2n) is 7.26. The van der Waals surface area contributed by atoms with E-state index in [1.165, 1.54) is 11.1 Å². The van der Waals surface area contributed by atoms with E-state index in [2.05, 4.69) is 34.5 Å². The van der Waals surface area contributed by atoms with E-state index in [0.717, 1.165) is 37.2 Å². The zero-order valence-electron chi connectivity index (χ0n) is 16.0. The number of H-pyrrole nitrogens is 1. The average molecular weight is 355 g/mol. The van der Waals surface area contributed by atoms with E-state index in [9.17, 15) is 4.79 Å². The van der Waals surface area contributed by atoms with Crippen molar-refractivity contribution >= 4 is 5.91 Å². The Morgan fingerprint density at radius 2 is 2.08 bits per heavy atom. The smallest absolute Gasteiger partial charge is 0.222 e. The molecule has 2 heterocycles. The van der Waals surface area contributed by atoms with Crippen LogP contribution in [-0.2, 0) is 22.4 Å². The highest BCUT2D eigenvalue weighted by Crippen LogP contribution is 2.25. The highest BCUT2D eigenvalue weighted by atomic mass is 16.5. The number of likely N-dealkylation sites (tertiary alicyclic amines) is 1. The van der Waals surface area contributed by atoms with Gasteiger partial charge in [-0.1, -0.05) is 30.3 Å². The van der Waals surface area contributed by atoms with E-state index in [1.54, 1.807) is 7.11 Å². The molecule has 0 unspecified atom stereocenters. The number of aromatic nitrogens is 2. The molecule has 1 aliphatic rings. The van der Waals surface area contributed by atoms with Crippen LogP contribution in [0.3, 0.4) is 0 Å². The SMILES string of the molecule is CO[C@H]1CN(C(=O)CCc2c(C)n[nH]c2C)CC[C@@H]1Cc1ccccc1. The van der Waals surface area contributed by atoms with E-state index in [4.69, 9.17) is 4.74 Å². The lowest BCUT2D eigenvalue weighted by molar-refractivity contribution is -0.136. The van der Waals surface area contributed by atoms with Crippen LogP contribution in [0.1, 0.15) is 35.4 Å². The van der Waals surface area contributed by atoms with Gasteiger partial charge in [-0.3, -0.25) is 9.89 Å². The molecular weight excluding hydrogens is 326 g/mol. The maximum absolute atomic E-state index is 12.7. The Balaban J connectivity index is 1.55. The van der Waals surface area contributed by atoms with Crippen LogP contribution in [0.2, 0.25) is 0 Å². The summed E-state index contributed by atoms with van der Waals surface area (Å²) in [6.45, 7) is 5.50. The summed E-state index contributed by atoms with van der Waals surface area (Å²) in [6, 6.07) is 10.5. The summed E-state index contributed by atoms with van der Waals surface area (Å²) in [5, 5.41) is 7.20. The van der Waals surface area contributed by atoms with Gasteiger partial charge in [0.15, 0.2) is 0 Å². The number of piperidine rings is 1. The number of nitrogens with zero attached hydrogens (tertiary/aromatic N) is 2. The van der Waals surface area contributed by atoms with Crippen LogP contribution < -0.4 is 0 Å². The van der Waals surface area contributed by atoms with Crippen molar-refractivity contribution in [2.75, 3.05) is 20.2 Å². The van der Waals surface area contributed by atoms with Crippen molar-refractivity contribution < 1.29 is 9.53 Å². The molecule has 0 saturated carbocycles. The van der Waals surface area contributed by atoms with Gasteiger partial charge in [0.05, 0.1) is 11.8 Å². The van der Waals surface area contributed by atoms with E-state index in [-0.39, 0.29) is 12.0 Å². The number of carbonyl (C=O) groups is 1. The van der Waals surface area contributed by atoms with Gasteiger partial charge >= 0.3 is 0 Å². The van der Waals surface area contributed by atoms with Crippen molar-refractivity contribution in [2.45, 2.75) is 45.6 Å². The number of hydrogen-bond acceptors (Lipinski definition) is 3. The fourth-order valence-electron chi connectivity index (χ4n) is 3.94. The number of aromatic amines is 1. The standard InChI is InChI=1S/C21H29N3O2/c1-15-19(16(2)23-22-15)9-10-21(25)24-12-11-18(20(14-24)26-3)13-17-7-5-4-6-8-17/h4-8,18,20H,9-14H2,1-3H3,(H,22,23)/t18-,20+/m1/s1. The molecule has 140 valence electrons. The first kappa shape index (κ1) is 18.6. The van der Waals surface area contributed by atoms with Gasteiger partial charge in [0.25, 0.3) is 0 Å². The summed E-state index contributed by atoms with van der Waals surface area (Å²) in [4.78, 5) is 14.7. The molecule has 5 nitrogen and oxygen atoms in total. The van der Waals surface area contributed by atoms with E-state index < -0.39 is 0 Å². The van der Waals surface area contributed by atoms with Crippen LogP contribution in [0.5, 0.6) is 0 Å². The van der Waals surface area contributed by atoms with E-state index >= 15 is 0 Å². The fraction of sp³-hybridized carbons (Fsp3) is 0.524. The predicted octanol–water partition coefficient (Wildman–Crippen LogP) is 3.07. The normalized spacial score (nSPS) is 20.3. The number of carbonyl (C=O) groups excluding carboxylic acids is 1. The van der Waals surface area contributed by atoms with Gasteiger partial charge in [-0.25, -0.2) is 0 Å². The summed E-state index contributed by atoms with van der Waals surface area (Å²) >= 11 is 0. The molecule has 0 spiro atoms. The first-order valence-electron chi connectivity index (χ1n) is 9.43. The van der Waals surface area contributed by atoms with Crippen LogP contribution in [-0.4, -0.2) is 47.3 Å². The number of nitrogens with one attached hydrogen (secondary N) is 1. The third-order valence-electron chi connectivity index (χ3n) is 5.56. The first-order chi connectivity index (χ1) is 12.6. The third-order valence-corrected chi connectivity index (χ3v) is 5.56. The monoisotopic (exact) mass is 355 g/mol. The van der Waals surface area contributed by atoms with Gasteiger partial charge in [0, 0.05) is 32.3 Å². The zero-order chi connectivity index (χ0) is 18.5. The predicted molar refractivity (Wildman–Crippen MR) is 102 cm³/mol. The van der Waals surface area contributed by atoms with Crippen molar-refractivity contribution in [2.24, 2.45) is 5.92 Å². The molecule has 0 radical (unpaired) electrons. The summed E-state index contributed by atoms with van der Waals surface area (Å²) in [7, 11) is 1.76. The van der Waals surface area contributed by atoms with Gasteiger partial charge in [-0.2, -0.15) is 5.10 Å². The topological polar surface area (TPSA) is 58.2 Å². The molecule has 1 N–H and O–H groups in total. The molecule has 0 bridgehead atoms. The first-order valence-corrected chi connectivity index (χ1v) is 9.43. The Morgan fingerprint density at radius 3 is 2.73 bits per heavy atom. The maximum atomic E-state index is 12.7. The largest absolute Gasteiger partial charge is 0.379 e. The fourth-order valence-corrected chi connectivity index (χ4v) is 3.94.